The van der Waals surface area contributed by atoms with Crippen LogP contribution in [0.25, 0.3) is 10.9 Å². The van der Waals surface area contributed by atoms with Gasteiger partial charge in [-0.1, -0.05) is 24.3 Å². The number of carbonyl (C=O) groups excluding carboxylic acids is 1. The van der Waals surface area contributed by atoms with Crippen molar-refractivity contribution in [1.82, 2.24) is 9.88 Å². The molecule has 2 aliphatic heterocycles. The maximum absolute atomic E-state index is 12.0. The van der Waals surface area contributed by atoms with Crippen molar-refractivity contribution in [3.05, 3.63) is 48.5 Å². The summed E-state index contributed by atoms with van der Waals surface area (Å²) < 4.78 is 11.2. The molecule has 5 rings (SSSR count). The summed E-state index contributed by atoms with van der Waals surface area (Å²) in [6.07, 6.45) is 1.91. The number of hydrogen-bond acceptors (Lipinski definition) is 5. The van der Waals surface area contributed by atoms with Gasteiger partial charge in [-0.15, -0.1) is 0 Å². The van der Waals surface area contributed by atoms with Crippen molar-refractivity contribution in [2.24, 2.45) is 5.73 Å². The molecule has 1 saturated heterocycles. The van der Waals surface area contributed by atoms with E-state index in [9.17, 15) is 4.79 Å². The number of urea groups is 1. The van der Waals surface area contributed by atoms with Crippen LogP contribution in [0.3, 0.4) is 0 Å². The van der Waals surface area contributed by atoms with Crippen molar-refractivity contribution in [2.75, 3.05) is 55.9 Å². The number of anilines is 2. The number of aromatic amines is 1. The van der Waals surface area contributed by atoms with Gasteiger partial charge in [0.1, 0.15) is 5.82 Å². The summed E-state index contributed by atoms with van der Waals surface area (Å²) >= 11 is 0. The van der Waals surface area contributed by atoms with E-state index in [4.69, 9.17) is 15.2 Å². The summed E-state index contributed by atoms with van der Waals surface area (Å²) in [7, 11) is 0. The number of nitrogens with zero attached hydrogens (tertiary/aromatic N) is 3. The van der Waals surface area contributed by atoms with Gasteiger partial charge in [0.05, 0.1) is 5.69 Å². The van der Waals surface area contributed by atoms with Crippen LogP contribution in [0.15, 0.2) is 48.5 Å². The molecular formula is C24H29N5O3. The number of nitrogens with two attached hydrogens (primary N) is 1. The first-order chi connectivity index (χ1) is 15.7. The molecule has 0 aliphatic carbocycles. The maximum Gasteiger partial charge on any atom is 0.320 e. The van der Waals surface area contributed by atoms with E-state index in [1.807, 2.05) is 42.5 Å². The van der Waals surface area contributed by atoms with Crippen LogP contribution in [0.2, 0.25) is 0 Å². The van der Waals surface area contributed by atoms with Crippen molar-refractivity contribution >= 4 is 28.4 Å². The Morgan fingerprint density at radius 2 is 1.88 bits per heavy atom. The third-order valence-electron chi connectivity index (χ3n) is 6.27. The molecule has 0 saturated carbocycles. The summed E-state index contributed by atoms with van der Waals surface area (Å²) in [6.45, 7) is 5.85. The molecule has 0 spiro atoms. The zero-order valence-electron chi connectivity index (χ0n) is 18.1. The third kappa shape index (κ3) is 4.18. The first-order valence-corrected chi connectivity index (χ1v) is 11.2. The molecule has 3 heterocycles. The lowest BCUT2D eigenvalue weighted by atomic mass is 10.2. The average Bonchev–Trinajstić information content (AvgIpc) is 3.46. The fourth-order valence-electron chi connectivity index (χ4n) is 4.53. The lowest BCUT2D eigenvalue weighted by Crippen LogP contribution is -2.46. The number of piperazine rings is 1. The number of benzene rings is 2. The molecule has 0 radical (unpaired) electrons. The Hall–Kier alpha value is -3.39. The summed E-state index contributed by atoms with van der Waals surface area (Å²) in [5, 5.41) is 1.08. The number of aromatic nitrogens is 1. The van der Waals surface area contributed by atoms with Crippen LogP contribution in [0.1, 0.15) is 12.8 Å². The lowest BCUT2D eigenvalue weighted by molar-refractivity contribution is 0.174. The largest absolute Gasteiger partial charge is 0.454 e. The van der Waals surface area contributed by atoms with Crippen LogP contribution < -0.4 is 25.0 Å². The van der Waals surface area contributed by atoms with Gasteiger partial charge in [-0.05, 0) is 43.7 Å². The summed E-state index contributed by atoms with van der Waals surface area (Å²) in [5.74, 6) is 2.46. The van der Waals surface area contributed by atoms with Gasteiger partial charge < -0.3 is 25.1 Å². The molecule has 3 aromatic rings. The summed E-state index contributed by atoms with van der Waals surface area (Å²) in [5.41, 5.74) is 7.78. The number of fused-ring (bicyclic) bond motifs is 2. The standard InChI is InChI=1S/C24H29N5O3/c25-24(30)29(22-16-18-6-1-2-7-19(18)26-22)11-4-3-10-27-12-14-28(15-13-27)20-8-5-9-21-23(20)32-17-31-21/h1-2,5-9,16,26H,3-4,10-15,17H2,(H2,25,30). The third-order valence-corrected chi connectivity index (χ3v) is 6.27. The van der Waals surface area contributed by atoms with Gasteiger partial charge in [-0.2, -0.15) is 0 Å². The van der Waals surface area contributed by atoms with Gasteiger partial charge in [-0.25, -0.2) is 4.79 Å². The van der Waals surface area contributed by atoms with Crippen molar-refractivity contribution < 1.29 is 14.3 Å². The topological polar surface area (TPSA) is 87.1 Å². The fourth-order valence-corrected chi connectivity index (χ4v) is 4.53. The second-order valence-electron chi connectivity index (χ2n) is 8.28. The highest BCUT2D eigenvalue weighted by molar-refractivity contribution is 5.94. The highest BCUT2D eigenvalue weighted by Gasteiger charge is 2.24. The SMILES string of the molecule is NC(=O)N(CCCCN1CCN(c2cccc3c2OCO3)CC1)c1cc2ccccc2[nH]1. The molecule has 1 aromatic heterocycles. The fraction of sp³-hybridized carbons (Fsp3) is 0.375. The van der Waals surface area contributed by atoms with Crippen LogP contribution in [0, 0.1) is 0 Å². The van der Waals surface area contributed by atoms with Crippen LogP contribution in [-0.4, -0.2) is 62.0 Å². The Labute approximate surface area is 187 Å². The number of unbranched alkanes of at least 4 members (excludes halogenated alkanes) is 1. The van der Waals surface area contributed by atoms with E-state index in [0.717, 1.165) is 79.5 Å². The minimum absolute atomic E-state index is 0.299. The second kappa shape index (κ2) is 9.00. The van der Waals surface area contributed by atoms with Gasteiger partial charge in [0, 0.05) is 43.6 Å². The van der Waals surface area contributed by atoms with Crippen LogP contribution in [-0.2, 0) is 0 Å². The molecule has 0 unspecified atom stereocenters. The molecule has 2 aromatic carbocycles. The van der Waals surface area contributed by atoms with Crippen molar-refractivity contribution in [2.45, 2.75) is 12.8 Å². The van der Waals surface area contributed by atoms with Gasteiger partial charge in [-0.3, -0.25) is 9.80 Å². The van der Waals surface area contributed by atoms with Crippen molar-refractivity contribution in [3.8, 4) is 11.5 Å². The number of amides is 2. The Bertz CT molecular complexity index is 1060. The Kier molecular flexibility index (Phi) is 5.77. The molecular weight excluding hydrogens is 406 g/mol. The number of primary amides is 1. The van der Waals surface area contributed by atoms with Crippen LogP contribution in [0.4, 0.5) is 16.3 Å². The molecule has 168 valence electrons. The molecule has 1 fully saturated rings. The minimum atomic E-state index is -0.424. The molecule has 8 heteroatoms. The van der Waals surface area contributed by atoms with E-state index >= 15 is 0 Å². The Morgan fingerprint density at radius 3 is 2.69 bits per heavy atom. The average molecular weight is 436 g/mol. The molecule has 8 nitrogen and oxygen atoms in total. The van der Waals surface area contributed by atoms with E-state index in [-0.39, 0.29) is 0 Å². The first-order valence-electron chi connectivity index (χ1n) is 11.2. The minimum Gasteiger partial charge on any atom is -0.454 e. The summed E-state index contributed by atoms with van der Waals surface area (Å²) in [6, 6.07) is 15.6. The highest BCUT2D eigenvalue weighted by atomic mass is 16.7. The monoisotopic (exact) mass is 435 g/mol. The van der Waals surface area contributed by atoms with E-state index < -0.39 is 6.03 Å². The number of H-pyrrole nitrogens is 1. The second-order valence-corrected chi connectivity index (χ2v) is 8.28. The van der Waals surface area contributed by atoms with Gasteiger partial charge in [0.25, 0.3) is 0 Å². The predicted octanol–water partition coefficient (Wildman–Crippen LogP) is 3.38. The van der Waals surface area contributed by atoms with E-state index in [1.54, 1.807) is 4.90 Å². The zero-order chi connectivity index (χ0) is 21.9. The highest BCUT2D eigenvalue weighted by Crippen LogP contribution is 2.41. The number of rotatable bonds is 7. The van der Waals surface area contributed by atoms with E-state index in [1.165, 1.54) is 0 Å². The number of carbonyl (C=O) groups is 1. The van der Waals surface area contributed by atoms with Gasteiger partial charge in [0.2, 0.25) is 6.79 Å². The van der Waals surface area contributed by atoms with Crippen molar-refractivity contribution in [3.63, 3.8) is 0 Å². The van der Waals surface area contributed by atoms with Crippen LogP contribution in [0.5, 0.6) is 11.5 Å². The smallest absolute Gasteiger partial charge is 0.320 e. The van der Waals surface area contributed by atoms with Crippen molar-refractivity contribution in [1.29, 1.82) is 0 Å². The van der Waals surface area contributed by atoms with Gasteiger partial charge in [0.15, 0.2) is 11.5 Å². The zero-order valence-corrected chi connectivity index (χ0v) is 18.1. The summed E-state index contributed by atoms with van der Waals surface area (Å²) in [4.78, 5) is 21.8. The lowest BCUT2D eigenvalue weighted by Gasteiger charge is -2.36. The maximum atomic E-state index is 12.0. The first kappa shape index (κ1) is 20.5. The van der Waals surface area contributed by atoms with E-state index in [0.29, 0.717) is 13.3 Å². The molecule has 32 heavy (non-hydrogen) atoms. The quantitative estimate of drug-likeness (QED) is 0.556. The normalized spacial score (nSPS) is 15.9. The molecule has 3 N–H and O–H groups in total. The molecule has 0 atom stereocenters. The number of hydrogen-bond donors (Lipinski definition) is 2. The van der Waals surface area contributed by atoms with Crippen LogP contribution >= 0.6 is 0 Å². The number of ether oxygens (including phenoxy) is 2. The Balaban J connectivity index is 1.10. The molecule has 0 bridgehead atoms. The number of nitrogens with one attached hydrogen (secondary N) is 1. The Morgan fingerprint density at radius 1 is 1.03 bits per heavy atom. The predicted molar refractivity (Wildman–Crippen MR) is 126 cm³/mol. The van der Waals surface area contributed by atoms with Gasteiger partial charge >= 0.3 is 6.03 Å². The molecule has 2 amide bonds. The van der Waals surface area contributed by atoms with E-state index in [2.05, 4.69) is 20.9 Å². The number of para-hydroxylation sites is 2. The molecule has 2 aliphatic rings.